The van der Waals surface area contributed by atoms with Crippen LogP contribution in [0.25, 0.3) is 10.9 Å². The van der Waals surface area contributed by atoms with Crippen LogP contribution in [0.2, 0.25) is 0 Å². The normalized spacial score (nSPS) is 24.7. The lowest BCUT2D eigenvalue weighted by Crippen LogP contribution is -2.42. The van der Waals surface area contributed by atoms with Crippen LogP contribution >= 0.6 is 0 Å². The molecule has 0 spiro atoms. The van der Waals surface area contributed by atoms with E-state index in [0.717, 1.165) is 47.8 Å². The first-order valence-electron chi connectivity index (χ1n) is 9.25. The van der Waals surface area contributed by atoms with Gasteiger partial charge in [-0.05, 0) is 69.2 Å². The first-order chi connectivity index (χ1) is 11.8. The smallest absolute Gasteiger partial charge is 0.251 e. The lowest BCUT2D eigenvalue weighted by atomic mass is 9.85. The van der Waals surface area contributed by atoms with Gasteiger partial charge in [0.25, 0.3) is 5.91 Å². The van der Waals surface area contributed by atoms with Crippen molar-refractivity contribution in [2.24, 2.45) is 5.92 Å². The van der Waals surface area contributed by atoms with Gasteiger partial charge in [-0.25, -0.2) is 0 Å². The summed E-state index contributed by atoms with van der Waals surface area (Å²) in [5.41, 5.74) is 1.68. The minimum atomic E-state index is 0.0362. The fourth-order valence-corrected chi connectivity index (χ4v) is 3.81. The van der Waals surface area contributed by atoms with E-state index < -0.39 is 0 Å². The molecular weight excluding hydrogens is 300 g/mol. The topological polar surface area (TPSA) is 69.8 Å². The molecule has 128 valence electrons. The highest BCUT2D eigenvalue weighted by atomic mass is 16.1. The van der Waals surface area contributed by atoms with Gasteiger partial charge in [0.05, 0.1) is 11.7 Å². The molecule has 2 fully saturated rings. The van der Waals surface area contributed by atoms with Crippen molar-refractivity contribution in [3.8, 4) is 0 Å². The number of nitrogens with zero attached hydrogens (tertiary/aromatic N) is 1. The molecule has 2 saturated carbocycles. The Morgan fingerprint density at radius 1 is 1.12 bits per heavy atom. The van der Waals surface area contributed by atoms with E-state index in [1.165, 1.54) is 32.1 Å². The van der Waals surface area contributed by atoms with Crippen molar-refractivity contribution in [2.45, 2.75) is 57.0 Å². The third kappa shape index (κ3) is 3.46. The number of aromatic nitrogens is 2. The molecule has 4 rings (SSSR count). The van der Waals surface area contributed by atoms with Gasteiger partial charge < -0.3 is 10.6 Å². The summed E-state index contributed by atoms with van der Waals surface area (Å²) in [4.78, 5) is 12.5. The van der Waals surface area contributed by atoms with Crippen LogP contribution in [0, 0.1) is 5.92 Å². The number of hydrogen-bond acceptors (Lipinski definition) is 3. The van der Waals surface area contributed by atoms with Crippen molar-refractivity contribution < 1.29 is 4.79 Å². The lowest BCUT2D eigenvalue weighted by Gasteiger charge is -2.32. The molecule has 5 nitrogen and oxygen atoms in total. The van der Waals surface area contributed by atoms with Crippen LogP contribution in [0.3, 0.4) is 0 Å². The molecule has 0 radical (unpaired) electrons. The Balaban J connectivity index is 1.25. The van der Waals surface area contributed by atoms with Gasteiger partial charge in [0.15, 0.2) is 0 Å². The second-order valence-corrected chi connectivity index (χ2v) is 7.40. The van der Waals surface area contributed by atoms with E-state index >= 15 is 0 Å². The second kappa shape index (κ2) is 6.93. The van der Waals surface area contributed by atoms with Gasteiger partial charge in [-0.15, -0.1) is 0 Å². The second-order valence-electron chi connectivity index (χ2n) is 7.40. The molecule has 1 aromatic heterocycles. The molecule has 0 bridgehead atoms. The van der Waals surface area contributed by atoms with E-state index in [0.29, 0.717) is 6.04 Å². The number of carbonyl (C=O) groups excluding carboxylic acids is 1. The van der Waals surface area contributed by atoms with Crippen LogP contribution in [0.1, 0.15) is 55.3 Å². The Hall–Kier alpha value is -1.88. The van der Waals surface area contributed by atoms with Crippen molar-refractivity contribution >= 4 is 16.8 Å². The highest BCUT2D eigenvalue weighted by Gasteiger charge is 2.24. The van der Waals surface area contributed by atoms with Crippen LogP contribution in [0.4, 0.5) is 0 Å². The number of nitrogens with one attached hydrogen (secondary N) is 3. The summed E-state index contributed by atoms with van der Waals surface area (Å²) in [6.07, 6.45) is 10.5. The Morgan fingerprint density at radius 2 is 1.96 bits per heavy atom. The van der Waals surface area contributed by atoms with Crippen LogP contribution in [0.15, 0.2) is 24.4 Å². The molecule has 0 aliphatic heterocycles. The number of rotatable bonds is 5. The van der Waals surface area contributed by atoms with E-state index in [4.69, 9.17) is 0 Å². The predicted octanol–water partition coefficient (Wildman–Crippen LogP) is 2.99. The third-order valence-corrected chi connectivity index (χ3v) is 5.68. The number of benzene rings is 1. The number of aromatic amines is 1. The van der Waals surface area contributed by atoms with Crippen molar-refractivity contribution in [1.82, 2.24) is 20.8 Å². The van der Waals surface area contributed by atoms with E-state index in [2.05, 4.69) is 20.8 Å². The van der Waals surface area contributed by atoms with Gasteiger partial charge in [0, 0.05) is 23.0 Å². The molecule has 0 saturated heterocycles. The van der Waals surface area contributed by atoms with E-state index in [1.54, 1.807) is 6.20 Å². The first kappa shape index (κ1) is 15.6. The van der Waals surface area contributed by atoms with Gasteiger partial charge in [-0.2, -0.15) is 5.10 Å². The summed E-state index contributed by atoms with van der Waals surface area (Å²) in [5, 5.41) is 14.8. The zero-order chi connectivity index (χ0) is 16.4. The molecule has 1 aromatic carbocycles. The van der Waals surface area contributed by atoms with Crippen molar-refractivity contribution in [1.29, 1.82) is 0 Å². The minimum Gasteiger partial charge on any atom is -0.349 e. The maximum Gasteiger partial charge on any atom is 0.251 e. The SMILES string of the molecule is O=C(NC1CCC(CNC2CCC2)CC1)c1ccc2[nH]ncc2c1. The summed E-state index contributed by atoms with van der Waals surface area (Å²) in [5.74, 6) is 0.815. The fourth-order valence-electron chi connectivity index (χ4n) is 3.81. The highest BCUT2D eigenvalue weighted by Crippen LogP contribution is 2.26. The molecule has 24 heavy (non-hydrogen) atoms. The van der Waals surface area contributed by atoms with Gasteiger partial charge in [0.1, 0.15) is 0 Å². The molecule has 1 amide bonds. The summed E-state index contributed by atoms with van der Waals surface area (Å²) >= 11 is 0. The van der Waals surface area contributed by atoms with Crippen molar-refractivity contribution in [3.05, 3.63) is 30.0 Å². The molecule has 3 N–H and O–H groups in total. The number of H-pyrrole nitrogens is 1. The Bertz CT molecular complexity index is 698. The number of fused-ring (bicyclic) bond motifs is 1. The zero-order valence-corrected chi connectivity index (χ0v) is 14.1. The number of carbonyl (C=O) groups is 1. The highest BCUT2D eigenvalue weighted by molar-refractivity contribution is 5.97. The standard InChI is InChI=1S/C19H26N4O/c24-19(14-6-9-18-15(10-14)12-21-23-18)22-17-7-4-13(5-8-17)11-20-16-2-1-3-16/h6,9-10,12-13,16-17,20H,1-5,7-8,11H2,(H,21,23)(H,22,24). The number of amides is 1. The van der Waals surface area contributed by atoms with Gasteiger partial charge >= 0.3 is 0 Å². The predicted molar refractivity (Wildman–Crippen MR) is 94.9 cm³/mol. The molecular formula is C19H26N4O. The van der Waals surface area contributed by atoms with Gasteiger partial charge in [0.2, 0.25) is 0 Å². The average molecular weight is 326 g/mol. The van der Waals surface area contributed by atoms with Crippen LogP contribution < -0.4 is 10.6 Å². The zero-order valence-electron chi connectivity index (χ0n) is 14.1. The molecule has 0 atom stereocenters. The fraction of sp³-hybridized carbons (Fsp3) is 0.579. The maximum atomic E-state index is 12.5. The summed E-state index contributed by atoms with van der Waals surface area (Å²) in [6.45, 7) is 1.16. The molecule has 5 heteroatoms. The van der Waals surface area contributed by atoms with E-state index in [-0.39, 0.29) is 5.91 Å². The van der Waals surface area contributed by atoms with Gasteiger partial charge in [-0.3, -0.25) is 9.89 Å². The lowest BCUT2D eigenvalue weighted by molar-refractivity contribution is 0.0921. The van der Waals surface area contributed by atoms with E-state index in [9.17, 15) is 4.79 Å². The first-order valence-corrected chi connectivity index (χ1v) is 9.25. The Labute approximate surface area is 142 Å². The van der Waals surface area contributed by atoms with Crippen molar-refractivity contribution in [3.63, 3.8) is 0 Å². The molecule has 2 aliphatic rings. The molecule has 2 aromatic rings. The minimum absolute atomic E-state index is 0.0362. The largest absolute Gasteiger partial charge is 0.349 e. The van der Waals surface area contributed by atoms with E-state index in [1.807, 2.05) is 18.2 Å². The van der Waals surface area contributed by atoms with Crippen LogP contribution in [-0.2, 0) is 0 Å². The summed E-state index contributed by atoms with van der Waals surface area (Å²) in [6, 6.07) is 6.78. The third-order valence-electron chi connectivity index (χ3n) is 5.68. The monoisotopic (exact) mass is 326 g/mol. The van der Waals surface area contributed by atoms with Crippen LogP contribution in [0.5, 0.6) is 0 Å². The maximum absolute atomic E-state index is 12.5. The molecule has 2 aliphatic carbocycles. The summed E-state index contributed by atoms with van der Waals surface area (Å²) < 4.78 is 0. The average Bonchev–Trinajstić information content (AvgIpc) is 3.02. The Morgan fingerprint density at radius 3 is 2.71 bits per heavy atom. The molecule has 0 unspecified atom stereocenters. The number of hydrogen-bond donors (Lipinski definition) is 3. The Kier molecular flexibility index (Phi) is 4.52. The molecule has 1 heterocycles. The van der Waals surface area contributed by atoms with Gasteiger partial charge in [-0.1, -0.05) is 6.42 Å². The quantitative estimate of drug-likeness (QED) is 0.791. The summed E-state index contributed by atoms with van der Waals surface area (Å²) in [7, 11) is 0. The van der Waals surface area contributed by atoms with Crippen molar-refractivity contribution in [2.75, 3.05) is 6.54 Å². The van der Waals surface area contributed by atoms with Crippen LogP contribution in [-0.4, -0.2) is 34.7 Å².